The van der Waals surface area contributed by atoms with Gasteiger partial charge in [0.05, 0.1) is 0 Å². The highest BCUT2D eigenvalue weighted by Gasteiger charge is 2.35. The Bertz CT molecular complexity index is 340. The Balaban J connectivity index is 1.60. The molecule has 1 N–H and O–H groups in total. The molecule has 0 aliphatic carbocycles. The standard InChI is InChI=1S/C11H18N4S/c1-14-3-4-15-7-9(6-10(15)8-14)13-11-12-2-5-16-11/h2,5,9-10H,3-4,6-8H2,1H3,(H,12,13)/t9-,10-/m0/s1. The van der Waals surface area contributed by atoms with Gasteiger partial charge < -0.3 is 10.2 Å². The van der Waals surface area contributed by atoms with Gasteiger partial charge in [-0.15, -0.1) is 11.3 Å². The Morgan fingerprint density at radius 3 is 3.19 bits per heavy atom. The van der Waals surface area contributed by atoms with Crippen LogP contribution in [0.5, 0.6) is 0 Å². The van der Waals surface area contributed by atoms with Gasteiger partial charge in [0, 0.05) is 49.8 Å². The summed E-state index contributed by atoms with van der Waals surface area (Å²) < 4.78 is 0. The third-order valence-corrected chi connectivity index (χ3v) is 4.28. The summed E-state index contributed by atoms with van der Waals surface area (Å²) in [7, 11) is 2.22. The van der Waals surface area contributed by atoms with E-state index in [1.54, 1.807) is 11.3 Å². The van der Waals surface area contributed by atoms with Crippen molar-refractivity contribution in [1.82, 2.24) is 14.8 Å². The zero-order valence-electron chi connectivity index (χ0n) is 9.59. The van der Waals surface area contributed by atoms with Crippen molar-refractivity contribution in [2.45, 2.75) is 18.5 Å². The topological polar surface area (TPSA) is 31.4 Å². The summed E-state index contributed by atoms with van der Waals surface area (Å²) in [6.45, 7) is 4.83. The molecule has 3 heterocycles. The number of thiazole rings is 1. The summed E-state index contributed by atoms with van der Waals surface area (Å²) in [5, 5.41) is 6.63. The molecule has 0 radical (unpaired) electrons. The summed E-state index contributed by atoms with van der Waals surface area (Å²) in [5.74, 6) is 0. The number of anilines is 1. The molecule has 0 bridgehead atoms. The minimum Gasteiger partial charge on any atom is -0.357 e. The van der Waals surface area contributed by atoms with E-state index in [-0.39, 0.29) is 0 Å². The van der Waals surface area contributed by atoms with Crippen LogP contribution in [0.4, 0.5) is 5.13 Å². The van der Waals surface area contributed by atoms with Crippen molar-refractivity contribution in [2.24, 2.45) is 0 Å². The van der Waals surface area contributed by atoms with Gasteiger partial charge in [-0.05, 0) is 13.5 Å². The number of likely N-dealkylation sites (N-methyl/N-ethyl adjacent to an activating group) is 1. The first kappa shape index (κ1) is 10.5. The number of aromatic nitrogens is 1. The number of nitrogens with zero attached hydrogens (tertiary/aromatic N) is 3. The molecule has 0 spiro atoms. The third kappa shape index (κ3) is 2.07. The Hall–Kier alpha value is -0.650. The molecule has 2 aliphatic rings. The smallest absolute Gasteiger partial charge is 0.182 e. The van der Waals surface area contributed by atoms with Crippen LogP contribution in [0.1, 0.15) is 6.42 Å². The summed E-state index contributed by atoms with van der Waals surface area (Å²) >= 11 is 1.69. The highest BCUT2D eigenvalue weighted by atomic mass is 32.1. The molecule has 5 heteroatoms. The van der Waals surface area contributed by atoms with Crippen LogP contribution < -0.4 is 5.32 Å². The molecule has 16 heavy (non-hydrogen) atoms. The van der Waals surface area contributed by atoms with E-state index < -0.39 is 0 Å². The van der Waals surface area contributed by atoms with Crippen LogP contribution in [0.25, 0.3) is 0 Å². The summed E-state index contributed by atoms with van der Waals surface area (Å²) in [6.07, 6.45) is 3.12. The number of fused-ring (bicyclic) bond motifs is 1. The summed E-state index contributed by atoms with van der Waals surface area (Å²) in [6, 6.07) is 1.33. The SMILES string of the molecule is CN1CCN2C[C@@H](Nc3nccs3)C[C@H]2C1. The molecule has 0 aromatic carbocycles. The predicted octanol–water partition coefficient (Wildman–Crippen LogP) is 0.943. The van der Waals surface area contributed by atoms with Crippen molar-refractivity contribution in [1.29, 1.82) is 0 Å². The van der Waals surface area contributed by atoms with Crippen molar-refractivity contribution < 1.29 is 0 Å². The average Bonchev–Trinajstić information content (AvgIpc) is 2.86. The van der Waals surface area contributed by atoms with Crippen molar-refractivity contribution in [2.75, 3.05) is 38.5 Å². The Morgan fingerprint density at radius 2 is 2.38 bits per heavy atom. The first-order valence-electron chi connectivity index (χ1n) is 5.90. The van der Waals surface area contributed by atoms with E-state index in [2.05, 4.69) is 27.1 Å². The number of nitrogens with one attached hydrogen (secondary N) is 1. The molecule has 2 fully saturated rings. The fraction of sp³-hybridized carbons (Fsp3) is 0.727. The molecule has 1 aromatic rings. The molecular formula is C11H18N4S. The van der Waals surface area contributed by atoms with E-state index in [0.717, 1.165) is 11.2 Å². The maximum absolute atomic E-state index is 4.29. The van der Waals surface area contributed by atoms with Crippen LogP contribution in [-0.2, 0) is 0 Å². The predicted molar refractivity (Wildman–Crippen MR) is 67.0 cm³/mol. The van der Waals surface area contributed by atoms with E-state index >= 15 is 0 Å². The molecule has 1 aromatic heterocycles. The van der Waals surface area contributed by atoms with E-state index in [1.165, 1.54) is 32.6 Å². The highest BCUT2D eigenvalue weighted by Crippen LogP contribution is 2.24. The van der Waals surface area contributed by atoms with Crippen molar-refractivity contribution in [3.05, 3.63) is 11.6 Å². The van der Waals surface area contributed by atoms with Gasteiger partial charge in [-0.3, -0.25) is 4.90 Å². The average molecular weight is 238 g/mol. The van der Waals surface area contributed by atoms with Crippen molar-refractivity contribution in [3.8, 4) is 0 Å². The molecule has 0 unspecified atom stereocenters. The van der Waals surface area contributed by atoms with Gasteiger partial charge in [0.15, 0.2) is 5.13 Å². The first-order chi connectivity index (χ1) is 7.81. The maximum atomic E-state index is 4.29. The van der Waals surface area contributed by atoms with E-state index in [0.29, 0.717) is 6.04 Å². The van der Waals surface area contributed by atoms with Gasteiger partial charge in [0.1, 0.15) is 0 Å². The maximum Gasteiger partial charge on any atom is 0.182 e. The molecule has 0 saturated carbocycles. The molecule has 2 atom stereocenters. The molecule has 4 nitrogen and oxygen atoms in total. The molecular weight excluding hydrogens is 220 g/mol. The molecule has 2 saturated heterocycles. The second-order valence-corrected chi connectivity index (χ2v) is 5.72. The summed E-state index contributed by atoms with van der Waals surface area (Å²) in [4.78, 5) is 9.34. The van der Waals surface area contributed by atoms with Crippen molar-refractivity contribution >= 4 is 16.5 Å². The van der Waals surface area contributed by atoms with E-state index in [1.807, 2.05) is 11.6 Å². The van der Waals surface area contributed by atoms with Gasteiger partial charge in [0.25, 0.3) is 0 Å². The summed E-state index contributed by atoms with van der Waals surface area (Å²) in [5.41, 5.74) is 0. The minimum atomic E-state index is 0.586. The number of rotatable bonds is 2. The molecule has 88 valence electrons. The third-order valence-electron chi connectivity index (χ3n) is 3.58. The zero-order valence-corrected chi connectivity index (χ0v) is 10.4. The lowest BCUT2D eigenvalue weighted by Crippen LogP contribution is -2.48. The molecule has 3 rings (SSSR count). The van der Waals surface area contributed by atoms with E-state index in [4.69, 9.17) is 0 Å². The second-order valence-electron chi connectivity index (χ2n) is 4.83. The second kappa shape index (κ2) is 4.31. The van der Waals surface area contributed by atoms with Crippen LogP contribution in [0.2, 0.25) is 0 Å². The van der Waals surface area contributed by atoms with Gasteiger partial charge in [-0.1, -0.05) is 0 Å². The van der Waals surface area contributed by atoms with Crippen LogP contribution in [0, 0.1) is 0 Å². The molecule has 0 amide bonds. The van der Waals surface area contributed by atoms with Crippen LogP contribution in [0.3, 0.4) is 0 Å². The highest BCUT2D eigenvalue weighted by molar-refractivity contribution is 7.13. The lowest BCUT2D eigenvalue weighted by Gasteiger charge is -2.34. The van der Waals surface area contributed by atoms with Crippen LogP contribution in [0.15, 0.2) is 11.6 Å². The number of piperazine rings is 1. The lowest BCUT2D eigenvalue weighted by molar-refractivity contribution is 0.124. The van der Waals surface area contributed by atoms with Crippen molar-refractivity contribution in [3.63, 3.8) is 0 Å². The van der Waals surface area contributed by atoms with Crippen LogP contribution >= 0.6 is 11.3 Å². The fourth-order valence-electron chi connectivity index (χ4n) is 2.77. The first-order valence-corrected chi connectivity index (χ1v) is 6.78. The van der Waals surface area contributed by atoms with Gasteiger partial charge in [-0.25, -0.2) is 4.98 Å². The van der Waals surface area contributed by atoms with Gasteiger partial charge in [-0.2, -0.15) is 0 Å². The lowest BCUT2D eigenvalue weighted by atomic mass is 10.1. The Morgan fingerprint density at radius 1 is 1.44 bits per heavy atom. The van der Waals surface area contributed by atoms with Gasteiger partial charge >= 0.3 is 0 Å². The fourth-order valence-corrected chi connectivity index (χ4v) is 3.38. The number of hydrogen-bond donors (Lipinski definition) is 1. The quantitative estimate of drug-likeness (QED) is 0.831. The Labute approximate surface area is 100 Å². The van der Waals surface area contributed by atoms with Crippen LogP contribution in [-0.4, -0.2) is 60.1 Å². The largest absolute Gasteiger partial charge is 0.357 e. The normalized spacial score (nSPS) is 31.6. The van der Waals surface area contributed by atoms with E-state index in [9.17, 15) is 0 Å². The Kier molecular flexibility index (Phi) is 2.83. The zero-order chi connectivity index (χ0) is 11.0. The minimum absolute atomic E-state index is 0.586. The monoisotopic (exact) mass is 238 g/mol. The van der Waals surface area contributed by atoms with Gasteiger partial charge in [0.2, 0.25) is 0 Å². The molecule has 2 aliphatic heterocycles. The number of hydrogen-bond acceptors (Lipinski definition) is 5.